The summed E-state index contributed by atoms with van der Waals surface area (Å²) in [6.07, 6.45) is 4.33. The van der Waals surface area contributed by atoms with E-state index in [-0.39, 0.29) is 0 Å². The predicted molar refractivity (Wildman–Crippen MR) is 44.2 cm³/mol. The summed E-state index contributed by atoms with van der Waals surface area (Å²) in [6.45, 7) is 2.62. The van der Waals surface area contributed by atoms with Crippen molar-refractivity contribution in [3.05, 3.63) is 0 Å². The van der Waals surface area contributed by atoms with Crippen LogP contribution >= 0.6 is 0 Å². The Labute approximate surface area is 67.7 Å². The quantitative estimate of drug-likeness (QED) is 0.590. The number of nitrogens with two attached hydrogens (primary N) is 1. The molecule has 2 saturated heterocycles. The third-order valence-corrected chi connectivity index (χ3v) is 3.70. The average molecular weight is 152 g/mol. The van der Waals surface area contributed by atoms with Crippen LogP contribution in [0.15, 0.2) is 0 Å². The van der Waals surface area contributed by atoms with Crippen molar-refractivity contribution in [2.24, 2.45) is 17.6 Å². The van der Waals surface area contributed by atoms with Gasteiger partial charge in [0, 0.05) is 25.2 Å². The minimum Gasteiger partial charge on any atom is -0.327 e. The molecule has 62 valence electrons. The lowest BCUT2D eigenvalue weighted by atomic mass is 9.67. The maximum atomic E-state index is 5.98. The van der Waals surface area contributed by atoms with Crippen LogP contribution in [0.5, 0.6) is 0 Å². The highest BCUT2D eigenvalue weighted by Crippen LogP contribution is 2.42. The van der Waals surface area contributed by atoms with Crippen LogP contribution in [0.3, 0.4) is 0 Å². The Hall–Kier alpha value is -0.0800. The molecule has 0 amide bonds. The molecule has 2 nitrogen and oxygen atoms in total. The maximum Gasteiger partial charge on any atom is 0.0120 e. The minimum absolute atomic E-state index is 0.560. The highest BCUT2D eigenvalue weighted by molar-refractivity contribution is 5.02. The average Bonchev–Trinajstić information content (AvgIpc) is 2.86. The van der Waals surface area contributed by atoms with Crippen LogP contribution in [0.2, 0.25) is 0 Å². The first-order valence-electron chi connectivity index (χ1n) is 4.84. The lowest BCUT2D eigenvalue weighted by molar-refractivity contribution is -0.00153. The zero-order valence-corrected chi connectivity index (χ0v) is 6.87. The maximum absolute atomic E-state index is 5.98. The molecule has 2 saturated carbocycles. The van der Waals surface area contributed by atoms with Gasteiger partial charge in [0.1, 0.15) is 0 Å². The second kappa shape index (κ2) is 1.99. The minimum atomic E-state index is 0.560. The molecule has 2 heterocycles. The summed E-state index contributed by atoms with van der Waals surface area (Å²) in [4.78, 5) is 2.67. The van der Waals surface area contributed by atoms with Gasteiger partial charge in [0.2, 0.25) is 0 Å². The van der Waals surface area contributed by atoms with Crippen LogP contribution in [0, 0.1) is 11.8 Å². The number of piperidine rings is 2. The molecule has 0 aromatic heterocycles. The van der Waals surface area contributed by atoms with E-state index in [0.717, 1.165) is 17.9 Å². The van der Waals surface area contributed by atoms with E-state index in [1.54, 1.807) is 0 Å². The van der Waals surface area contributed by atoms with Crippen molar-refractivity contribution >= 4 is 0 Å². The van der Waals surface area contributed by atoms with Crippen LogP contribution in [-0.4, -0.2) is 30.1 Å². The Bertz CT molecular complexity index is 164. The molecule has 4 rings (SSSR count). The van der Waals surface area contributed by atoms with E-state index >= 15 is 0 Å². The standard InChI is InChI=1S/C9H16N2/c10-9-6-3-7(9)5-11(4-6)8-1-2-8/h6-9H,1-5,10H2/t6-,7-/m0/s1. The van der Waals surface area contributed by atoms with Gasteiger partial charge in [-0.25, -0.2) is 0 Å². The van der Waals surface area contributed by atoms with Gasteiger partial charge in [0.25, 0.3) is 0 Å². The Balaban J connectivity index is 1.67. The second-order valence-corrected chi connectivity index (χ2v) is 4.52. The van der Waals surface area contributed by atoms with E-state index in [1.165, 1.54) is 32.4 Å². The number of hydrogen-bond donors (Lipinski definition) is 1. The van der Waals surface area contributed by atoms with Crippen molar-refractivity contribution in [3.8, 4) is 0 Å². The van der Waals surface area contributed by atoms with Gasteiger partial charge in [0.05, 0.1) is 0 Å². The van der Waals surface area contributed by atoms with Crippen molar-refractivity contribution in [1.82, 2.24) is 4.90 Å². The van der Waals surface area contributed by atoms with E-state index in [0.29, 0.717) is 6.04 Å². The molecule has 2 aliphatic carbocycles. The lowest BCUT2D eigenvalue weighted by Crippen LogP contribution is -2.62. The lowest BCUT2D eigenvalue weighted by Gasteiger charge is -2.52. The fraction of sp³-hybridized carbons (Fsp3) is 1.00. The predicted octanol–water partition coefficient (Wildman–Crippen LogP) is 0.428. The van der Waals surface area contributed by atoms with E-state index in [4.69, 9.17) is 5.73 Å². The molecule has 2 heteroatoms. The summed E-state index contributed by atoms with van der Waals surface area (Å²) in [5, 5.41) is 0. The van der Waals surface area contributed by atoms with E-state index in [9.17, 15) is 0 Å². The van der Waals surface area contributed by atoms with Crippen LogP contribution in [0.1, 0.15) is 19.3 Å². The molecular formula is C9H16N2. The number of hydrogen-bond acceptors (Lipinski definition) is 2. The third kappa shape index (κ3) is 0.859. The Morgan fingerprint density at radius 3 is 2.18 bits per heavy atom. The van der Waals surface area contributed by atoms with Crippen LogP contribution in [0.4, 0.5) is 0 Å². The van der Waals surface area contributed by atoms with Gasteiger partial charge in [-0.15, -0.1) is 0 Å². The van der Waals surface area contributed by atoms with Crippen LogP contribution in [0.25, 0.3) is 0 Å². The van der Waals surface area contributed by atoms with Gasteiger partial charge in [-0.05, 0) is 31.1 Å². The molecule has 0 aromatic carbocycles. The summed E-state index contributed by atoms with van der Waals surface area (Å²) in [5.74, 6) is 1.71. The number of fused-ring (bicyclic) bond motifs is 2. The van der Waals surface area contributed by atoms with Gasteiger partial charge >= 0.3 is 0 Å². The largest absolute Gasteiger partial charge is 0.327 e. The van der Waals surface area contributed by atoms with Crippen LogP contribution < -0.4 is 5.73 Å². The second-order valence-electron chi connectivity index (χ2n) is 4.52. The molecule has 2 aliphatic heterocycles. The first-order chi connectivity index (χ1) is 5.34. The number of rotatable bonds is 1. The van der Waals surface area contributed by atoms with Gasteiger partial charge in [-0.2, -0.15) is 0 Å². The molecule has 4 fully saturated rings. The van der Waals surface area contributed by atoms with E-state index < -0.39 is 0 Å². The van der Waals surface area contributed by atoms with Crippen molar-refractivity contribution in [1.29, 1.82) is 0 Å². The Morgan fingerprint density at radius 1 is 1.09 bits per heavy atom. The van der Waals surface area contributed by atoms with Crippen molar-refractivity contribution in [2.75, 3.05) is 13.1 Å². The molecule has 2 bridgehead atoms. The molecule has 4 aliphatic rings. The van der Waals surface area contributed by atoms with Crippen LogP contribution in [-0.2, 0) is 0 Å². The molecule has 11 heavy (non-hydrogen) atoms. The molecule has 0 unspecified atom stereocenters. The van der Waals surface area contributed by atoms with E-state index in [1.807, 2.05) is 0 Å². The van der Waals surface area contributed by atoms with Gasteiger partial charge in [-0.3, -0.25) is 4.90 Å². The third-order valence-electron chi connectivity index (χ3n) is 3.70. The summed E-state index contributed by atoms with van der Waals surface area (Å²) in [5.41, 5.74) is 5.98. The fourth-order valence-corrected chi connectivity index (χ4v) is 2.70. The van der Waals surface area contributed by atoms with Crippen molar-refractivity contribution in [2.45, 2.75) is 31.3 Å². The summed E-state index contributed by atoms with van der Waals surface area (Å²) >= 11 is 0. The molecular weight excluding hydrogens is 136 g/mol. The molecule has 2 atom stereocenters. The highest BCUT2D eigenvalue weighted by atomic mass is 15.2. The zero-order valence-electron chi connectivity index (χ0n) is 6.87. The van der Waals surface area contributed by atoms with Gasteiger partial charge in [0.15, 0.2) is 0 Å². The first kappa shape index (κ1) is 6.44. The smallest absolute Gasteiger partial charge is 0.0120 e. The van der Waals surface area contributed by atoms with Crippen molar-refractivity contribution in [3.63, 3.8) is 0 Å². The molecule has 0 aromatic rings. The Kier molecular flexibility index (Phi) is 1.16. The SMILES string of the molecule is NC1[C@H]2C[C@H]1CN(C1CC1)C2. The molecule has 2 N–H and O–H groups in total. The Morgan fingerprint density at radius 2 is 1.73 bits per heavy atom. The monoisotopic (exact) mass is 152 g/mol. The fourth-order valence-electron chi connectivity index (χ4n) is 2.70. The van der Waals surface area contributed by atoms with Gasteiger partial charge < -0.3 is 5.73 Å². The topological polar surface area (TPSA) is 29.3 Å². The van der Waals surface area contributed by atoms with Crippen molar-refractivity contribution < 1.29 is 0 Å². The normalized spacial score (nSPS) is 50.5. The first-order valence-corrected chi connectivity index (χ1v) is 4.84. The molecule has 0 radical (unpaired) electrons. The summed E-state index contributed by atoms with van der Waals surface area (Å²) in [7, 11) is 0. The summed E-state index contributed by atoms with van der Waals surface area (Å²) in [6, 6.07) is 1.53. The summed E-state index contributed by atoms with van der Waals surface area (Å²) < 4.78 is 0. The zero-order chi connectivity index (χ0) is 7.42. The van der Waals surface area contributed by atoms with E-state index in [2.05, 4.69) is 4.90 Å². The number of nitrogens with zero attached hydrogens (tertiary/aromatic N) is 1. The highest BCUT2D eigenvalue weighted by Gasteiger charge is 2.47. The molecule has 0 spiro atoms. The van der Waals surface area contributed by atoms with Gasteiger partial charge in [-0.1, -0.05) is 0 Å².